The quantitative estimate of drug-likeness (QED) is 0.269. The SMILES string of the molecule is CCOC(=O)[C@H](CCc1ccccc1)N[C@@H](C)C(=O)N1CCC[C@H]1C(=O)O.I.[NaH].[NaH]. The van der Waals surface area contributed by atoms with Gasteiger partial charge in [0.2, 0.25) is 5.91 Å². The van der Waals surface area contributed by atoms with Crippen LogP contribution in [0.4, 0.5) is 0 Å². The first-order valence-corrected chi connectivity index (χ1v) is 9.44. The van der Waals surface area contributed by atoms with Crippen LogP contribution in [0, 0.1) is 0 Å². The fourth-order valence-electron chi connectivity index (χ4n) is 3.38. The van der Waals surface area contributed by atoms with Gasteiger partial charge in [0.15, 0.2) is 0 Å². The third kappa shape index (κ3) is 9.85. The Hall–Kier alpha value is 0.320. The minimum absolute atomic E-state index is 0. The molecule has 0 saturated carbocycles. The molecule has 2 N–H and O–H groups in total. The molecule has 10 heteroatoms. The average Bonchev–Trinajstić information content (AvgIpc) is 3.15. The number of nitrogens with zero attached hydrogens (tertiary/aromatic N) is 1. The van der Waals surface area contributed by atoms with E-state index in [1.54, 1.807) is 13.8 Å². The number of aryl methyl sites for hydroxylation is 1. The molecule has 7 nitrogen and oxygen atoms in total. The van der Waals surface area contributed by atoms with Crippen molar-refractivity contribution in [2.24, 2.45) is 0 Å². The van der Waals surface area contributed by atoms with E-state index >= 15 is 0 Å². The van der Waals surface area contributed by atoms with Crippen LogP contribution in [-0.4, -0.2) is 118 Å². The van der Waals surface area contributed by atoms with E-state index in [1.165, 1.54) is 4.90 Å². The van der Waals surface area contributed by atoms with Gasteiger partial charge in [-0.15, -0.1) is 24.0 Å². The second kappa shape index (κ2) is 16.9. The second-order valence-corrected chi connectivity index (χ2v) is 6.75. The number of hydrogen-bond donors (Lipinski definition) is 2. The molecule has 0 unspecified atom stereocenters. The molecule has 0 aromatic heterocycles. The van der Waals surface area contributed by atoms with Gasteiger partial charge in [0.1, 0.15) is 12.1 Å². The fraction of sp³-hybridized carbons (Fsp3) is 0.550. The van der Waals surface area contributed by atoms with Gasteiger partial charge < -0.3 is 14.7 Å². The zero-order chi connectivity index (χ0) is 19.8. The number of hydrogen-bond acceptors (Lipinski definition) is 5. The maximum absolute atomic E-state index is 12.7. The molecule has 1 aliphatic rings. The van der Waals surface area contributed by atoms with Crippen molar-refractivity contribution in [3.05, 3.63) is 35.9 Å². The molecule has 1 amide bonds. The molecule has 0 aliphatic carbocycles. The van der Waals surface area contributed by atoms with Crippen LogP contribution >= 0.6 is 24.0 Å². The standard InChI is InChI=1S/C20H28N2O5.HI.2Na.2H/c1-3-27-20(26)16(12-11-15-8-5-4-6-9-15)21-14(2)18(23)22-13-7-10-17(22)19(24)25;;;;;/h4-6,8-9,14,16-17,21H,3,7,10-13H2,1-2H3,(H,24,25);1H;;;;/t14-,16-,17-;;;;;/m0...../s1. The zero-order valence-corrected chi connectivity index (χ0v) is 18.6. The summed E-state index contributed by atoms with van der Waals surface area (Å²) in [5, 5.41) is 12.3. The van der Waals surface area contributed by atoms with Crippen LogP contribution in [0.1, 0.15) is 38.7 Å². The number of nitrogens with one attached hydrogen (secondary N) is 1. The molecule has 1 aliphatic heterocycles. The van der Waals surface area contributed by atoms with E-state index in [1.807, 2.05) is 30.3 Å². The number of carbonyl (C=O) groups excluding carboxylic acids is 2. The molecule has 0 spiro atoms. The molecular weight excluding hydrogens is 521 g/mol. The third-order valence-corrected chi connectivity index (χ3v) is 4.78. The number of ether oxygens (including phenoxy) is 1. The van der Waals surface area contributed by atoms with E-state index in [2.05, 4.69) is 5.32 Å². The Morgan fingerprint density at radius 1 is 1.23 bits per heavy atom. The van der Waals surface area contributed by atoms with Gasteiger partial charge in [-0.3, -0.25) is 14.9 Å². The van der Waals surface area contributed by atoms with Crippen molar-refractivity contribution in [1.82, 2.24) is 10.2 Å². The van der Waals surface area contributed by atoms with Crippen molar-refractivity contribution >= 4 is 101 Å². The summed E-state index contributed by atoms with van der Waals surface area (Å²) >= 11 is 0. The molecule has 3 atom stereocenters. The summed E-state index contributed by atoms with van der Waals surface area (Å²) in [5.41, 5.74) is 1.10. The number of carboxylic acids is 1. The number of halogens is 1. The molecule has 2 rings (SSSR count). The normalized spacial score (nSPS) is 16.9. The summed E-state index contributed by atoms with van der Waals surface area (Å²) in [6.45, 7) is 4.09. The van der Waals surface area contributed by atoms with Gasteiger partial charge in [0, 0.05) is 6.54 Å². The van der Waals surface area contributed by atoms with E-state index in [4.69, 9.17) is 4.74 Å². The Morgan fingerprint density at radius 3 is 2.43 bits per heavy atom. The number of carboxylic acid groups (broad SMARTS) is 1. The molecule has 1 aromatic rings. The number of aliphatic carboxylic acids is 1. The van der Waals surface area contributed by atoms with E-state index in [0.29, 0.717) is 32.2 Å². The van der Waals surface area contributed by atoms with Crippen LogP contribution in [0.3, 0.4) is 0 Å². The first-order valence-electron chi connectivity index (χ1n) is 9.44. The third-order valence-electron chi connectivity index (χ3n) is 4.78. The predicted molar refractivity (Wildman–Crippen MR) is 130 cm³/mol. The van der Waals surface area contributed by atoms with Gasteiger partial charge in [0.05, 0.1) is 12.6 Å². The summed E-state index contributed by atoms with van der Waals surface area (Å²) in [5.74, 6) is -1.68. The minimum atomic E-state index is -0.987. The number of esters is 1. The van der Waals surface area contributed by atoms with Crippen molar-refractivity contribution in [2.45, 2.75) is 57.7 Å². The fourth-order valence-corrected chi connectivity index (χ4v) is 3.38. The van der Waals surface area contributed by atoms with Crippen LogP contribution in [0.2, 0.25) is 0 Å². The Balaban J connectivity index is 0. The summed E-state index contributed by atoms with van der Waals surface area (Å²) in [7, 11) is 0. The molecule has 1 heterocycles. The van der Waals surface area contributed by atoms with Gasteiger partial charge >= 0.3 is 71.1 Å². The maximum atomic E-state index is 12.7. The molecule has 30 heavy (non-hydrogen) atoms. The number of rotatable bonds is 9. The van der Waals surface area contributed by atoms with Crippen LogP contribution < -0.4 is 5.32 Å². The number of benzene rings is 1. The first-order chi connectivity index (χ1) is 12.9. The molecule has 160 valence electrons. The van der Waals surface area contributed by atoms with Crippen LogP contribution in [0.15, 0.2) is 30.3 Å². The number of carbonyl (C=O) groups is 3. The number of likely N-dealkylation sites (tertiary alicyclic amines) is 1. The van der Waals surface area contributed by atoms with Gasteiger partial charge in [0.25, 0.3) is 0 Å². The summed E-state index contributed by atoms with van der Waals surface area (Å²) in [4.78, 5) is 37.7. The van der Waals surface area contributed by atoms with Crippen molar-refractivity contribution in [3.8, 4) is 0 Å². The first kappa shape index (κ1) is 32.5. The van der Waals surface area contributed by atoms with Crippen molar-refractivity contribution < 1.29 is 24.2 Å². The van der Waals surface area contributed by atoms with Gasteiger partial charge in [-0.2, -0.15) is 0 Å². The molecule has 1 saturated heterocycles. The summed E-state index contributed by atoms with van der Waals surface area (Å²) in [6, 6.07) is 7.69. The molecule has 1 fully saturated rings. The Kier molecular flexibility index (Phi) is 18.3. The summed E-state index contributed by atoms with van der Waals surface area (Å²) in [6.07, 6.45) is 2.29. The topological polar surface area (TPSA) is 95.9 Å². The average molecular weight is 552 g/mol. The van der Waals surface area contributed by atoms with Crippen molar-refractivity contribution in [1.29, 1.82) is 0 Å². The van der Waals surface area contributed by atoms with Crippen LogP contribution in [-0.2, 0) is 25.5 Å². The van der Waals surface area contributed by atoms with Crippen molar-refractivity contribution in [2.75, 3.05) is 13.2 Å². The van der Waals surface area contributed by atoms with E-state index in [0.717, 1.165) is 5.56 Å². The monoisotopic (exact) mass is 552 g/mol. The van der Waals surface area contributed by atoms with E-state index in [9.17, 15) is 19.5 Å². The summed E-state index contributed by atoms with van der Waals surface area (Å²) < 4.78 is 5.14. The zero-order valence-electron chi connectivity index (χ0n) is 16.3. The van der Waals surface area contributed by atoms with Gasteiger partial charge in [-0.05, 0) is 45.1 Å². The predicted octanol–water partition coefficient (Wildman–Crippen LogP) is 0.926. The molecule has 0 bridgehead atoms. The Labute approximate surface area is 239 Å². The molecular formula is C20H31IN2Na2O5. The van der Waals surface area contributed by atoms with E-state index < -0.39 is 30.1 Å². The van der Waals surface area contributed by atoms with Crippen LogP contribution in [0.25, 0.3) is 0 Å². The van der Waals surface area contributed by atoms with Gasteiger partial charge in [-0.25, -0.2) is 4.79 Å². The van der Waals surface area contributed by atoms with Crippen molar-refractivity contribution in [3.63, 3.8) is 0 Å². The van der Waals surface area contributed by atoms with Crippen LogP contribution in [0.5, 0.6) is 0 Å². The van der Waals surface area contributed by atoms with E-state index in [-0.39, 0.29) is 95.6 Å². The second-order valence-electron chi connectivity index (χ2n) is 6.75. The molecule has 1 aromatic carbocycles. The molecule has 0 radical (unpaired) electrons. The number of amides is 1. The van der Waals surface area contributed by atoms with Gasteiger partial charge in [-0.1, -0.05) is 30.3 Å². The Bertz CT molecular complexity index is 666. The Morgan fingerprint density at radius 2 is 1.87 bits per heavy atom.